The Hall–Kier alpha value is -4.34. The first-order valence-electron chi connectivity index (χ1n) is 11.5. The molecule has 0 amide bonds. The van der Waals surface area contributed by atoms with Crippen LogP contribution in [0.15, 0.2) is 52.6 Å². The summed E-state index contributed by atoms with van der Waals surface area (Å²) < 4.78 is 93.9. The lowest BCUT2D eigenvalue weighted by atomic mass is 10.1. The van der Waals surface area contributed by atoms with Crippen LogP contribution in [0.3, 0.4) is 0 Å². The van der Waals surface area contributed by atoms with E-state index in [0.29, 0.717) is 12.4 Å². The zero-order chi connectivity index (χ0) is 29.4. The lowest BCUT2D eigenvalue weighted by Gasteiger charge is -2.21. The molecule has 1 aromatic carbocycles. The van der Waals surface area contributed by atoms with Gasteiger partial charge in [-0.25, -0.2) is 19.5 Å². The van der Waals surface area contributed by atoms with Crippen molar-refractivity contribution in [3.8, 4) is 11.4 Å². The molecule has 212 valence electrons. The second-order valence-corrected chi connectivity index (χ2v) is 8.91. The first-order chi connectivity index (χ1) is 18.6. The van der Waals surface area contributed by atoms with Crippen LogP contribution in [0.4, 0.5) is 36.4 Å². The van der Waals surface area contributed by atoms with Crippen LogP contribution >= 0.6 is 0 Å². The van der Waals surface area contributed by atoms with Gasteiger partial charge in [-0.2, -0.15) is 31.4 Å². The van der Waals surface area contributed by atoms with Crippen LogP contribution in [0.1, 0.15) is 24.5 Å². The van der Waals surface area contributed by atoms with E-state index in [1.54, 1.807) is 5.10 Å². The maximum atomic E-state index is 14.8. The van der Waals surface area contributed by atoms with E-state index in [0.717, 1.165) is 16.8 Å². The molecule has 0 saturated carbocycles. The number of aliphatic hydroxyl groups is 1. The standard InChI is InChI=1S/C24H19F7N6O3/c1-11(35-18-9-34-36-21(39)19(18)24(29,30)31)4-14(38)10-37-3-2-12-5-16(17(25)6-15(12)22(37)40)20-32-7-13(8-33-20)23(26,27)28/h2-3,5-9,11,14,38H,4,10H2,1H3,(H2,35,36,39)/t11-,14?/m0/s1. The molecule has 0 bridgehead atoms. The van der Waals surface area contributed by atoms with E-state index < -0.39 is 58.2 Å². The summed E-state index contributed by atoms with van der Waals surface area (Å²) in [4.78, 5) is 31.7. The number of aliphatic hydroxyl groups excluding tert-OH is 1. The number of benzene rings is 1. The van der Waals surface area contributed by atoms with Crippen LogP contribution in [0.25, 0.3) is 22.2 Å². The Kier molecular flexibility index (Phi) is 7.65. The monoisotopic (exact) mass is 572 g/mol. The van der Waals surface area contributed by atoms with Crippen molar-refractivity contribution >= 4 is 16.5 Å². The number of rotatable bonds is 7. The smallest absolute Gasteiger partial charge is 0.391 e. The van der Waals surface area contributed by atoms with Gasteiger partial charge in [0.05, 0.1) is 41.0 Å². The number of hydrogen-bond donors (Lipinski definition) is 3. The normalized spacial score (nSPS) is 13.8. The van der Waals surface area contributed by atoms with Gasteiger partial charge in [0, 0.05) is 24.6 Å². The van der Waals surface area contributed by atoms with Crippen molar-refractivity contribution in [2.75, 3.05) is 5.32 Å². The molecular formula is C24H19F7N6O3. The minimum atomic E-state index is -4.95. The summed E-state index contributed by atoms with van der Waals surface area (Å²) in [5, 5.41) is 18.2. The van der Waals surface area contributed by atoms with Gasteiger partial charge in [0.15, 0.2) is 5.82 Å². The van der Waals surface area contributed by atoms with Gasteiger partial charge < -0.3 is 15.0 Å². The predicted octanol–water partition coefficient (Wildman–Crippen LogP) is 3.97. The lowest BCUT2D eigenvalue weighted by Crippen LogP contribution is -2.32. The van der Waals surface area contributed by atoms with Gasteiger partial charge in [-0.15, -0.1) is 0 Å². The number of aromatic amines is 1. The largest absolute Gasteiger partial charge is 0.423 e. The van der Waals surface area contributed by atoms with Gasteiger partial charge in [0.2, 0.25) is 0 Å². The number of anilines is 1. The first kappa shape index (κ1) is 28.7. The van der Waals surface area contributed by atoms with Crippen LogP contribution in [-0.4, -0.2) is 42.0 Å². The summed E-state index contributed by atoms with van der Waals surface area (Å²) >= 11 is 0. The molecule has 0 aliphatic rings. The third-order valence-electron chi connectivity index (χ3n) is 5.86. The number of H-pyrrole nitrogens is 1. The maximum Gasteiger partial charge on any atom is 0.423 e. The third kappa shape index (κ3) is 6.11. The van der Waals surface area contributed by atoms with Crippen LogP contribution in [0.2, 0.25) is 0 Å². The predicted molar refractivity (Wildman–Crippen MR) is 128 cm³/mol. The molecule has 1 unspecified atom stereocenters. The molecule has 0 aliphatic carbocycles. The summed E-state index contributed by atoms with van der Waals surface area (Å²) in [6.45, 7) is 1.15. The summed E-state index contributed by atoms with van der Waals surface area (Å²) in [6.07, 6.45) is -7.91. The number of aromatic nitrogens is 5. The number of nitrogens with zero attached hydrogens (tertiary/aromatic N) is 4. The molecule has 4 rings (SSSR count). The van der Waals surface area contributed by atoms with Crippen LogP contribution in [0.5, 0.6) is 0 Å². The highest BCUT2D eigenvalue weighted by Gasteiger charge is 2.37. The summed E-state index contributed by atoms with van der Waals surface area (Å²) in [7, 11) is 0. The Labute approximate surface area is 219 Å². The fourth-order valence-electron chi connectivity index (χ4n) is 4.06. The molecule has 4 aromatic rings. The Bertz CT molecular complexity index is 1650. The van der Waals surface area contributed by atoms with Crippen molar-refractivity contribution in [3.05, 3.63) is 80.6 Å². The van der Waals surface area contributed by atoms with E-state index in [1.165, 1.54) is 25.3 Å². The molecule has 0 spiro atoms. The van der Waals surface area contributed by atoms with Crippen molar-refractivity contribution in [2.45, 2.75) is 44.4 Å². The molecule has 0 saturated heterocycles. The molecule has 3 aromatic heterocycles. The highest BCUT2D eigenvalue weighted by Crippen LogP contribution is 2.32. The van der Waals surface area contributed by atoms with Crippen molar-refractivity contribution < 1.29 is 35.8 Å². The molecule has 0 radical (unpaired) electrons. The van der Waals surface area contributed by atoms with Gasteiger partial charge in [-0.1, -0.05) is 0 Å². The first-order valence-corrected chi connectivity index (χ1v) is 11.5. The van der Waals surface area contributed by atoms with Gasteiger partial charge in [-0.05, 0) is 36.9 Å². The molecule has 0 aliphatic heterocycles. The molecule has 9 nitrogen and oxygen atoms in total. The number of hydrogen-bond acceptors (Lipinski definition) is 7. The van der Waals surface area contributed by atoms with Gasteiger partial charge in [0.1, 0.15) is 11.4 Å². The van der Waals surface area contributed by atoms with E-state index in [9.17, 15) is 45.4 Å². The van der Waals surface area contributed by atoms with E-state index in [1.807, 2.05) is 0 Å². The SMILES string of the molecule is C[C@@H](CC(O)Cn1ccc2cc(-c3ncc(C(F)(F)F)cn3)c(F)cc2c1=O)Nc1cn[nH]c(=O)c1C(F)(F)F. The van der Waals surface area contributed by atoms with Gasteiger partial charge in [0.25, 0.3) is 11.1 Å². The van der Waals surface area contributed by atoms with Crippen molar-refractivity contribution in [1.29, 1.82) is 0 Å². The maximum absolute atomic E-state index is 14.8. The minimum Gasteiger partial charge on any atom is -0.391 e. The highest BCUT2D eigenvalue weighted by molar-refractivity contribution is 5.86. The molecular weight excluding hydrogens is 553 g/mol. The van der Waals surface area contributed by atoms with Crippen LogP contribution < -0.4 is 16.4 Å². The summed E-state index contributed by atoms with van der Waals surface area (Å²) in [6, 6.07) is 2.70. The van der Waals surface area contributed by atoms with Gasteiger partial charge in [-0.3, -0.25) is 9.59 Å². The fourth-order valence-corrected chi connectivity index (χ4v) is 4.06. The molecule has 2 atom stereocenters. The summed E-state index contributed by atoms with van der Waals surface area (Å²) in [5.41, 5.74) is -5.54. The fraction of sp³-hybridized carbons (Fsp3) is 0.292. The van der Waals surface area contributed by atoms with E-state index in [-0.39, 0.29) is 35.1 Å². The van der Waals surface area contributed by atoms with E-state index >= 15 is 0 Å². The Morgan fingerprint density at radius 3 is 2.35 bits per heavy atom. The van der Waals surface area contributed by atoms with Crippen LogP contribution in [-0.2, 0) is 18.9 Å². The zero-order valence-electron chi connectivity index (χ0n) is 20.3. The number of pyridine rings is 1. The summed E-state index contributed by atoms with van der Waals surface area (Å²) in [5.74, 6) is -1.29. The molecule has 40 heavy (non-hydrogen) atoms. The molecule has 3 heterocycles. The van der Waals surface area contributed by atoms with Gasteiger partial charge >= 0.3 is 12.4 Å². The molecule has 3 N–H and O–H groups in total. The van der Waals surface area contributed by atoms with Crippen molar-refractivity contribution in [2.24, 2.45) is 0 Å². The quantitative estimate of drug-likeness (QED) is 0.286. The van der Waals surface area contributed by atoms with Crippen molar-refractivity contribution in [3.63, 3.8) is 0 Å². The number of nitrogens with one attached hydrogen (secondary N) is 2. The van der Waals surface area contributed by atoms with E-state index in [4.69, 9.17) is 0 Å². The average Bonchev–Trinajstić information content (AvgIpc) is 2.84. The molecule has 16 heteroatoms. The number of fused-ring (bicyclic) bond motifs is 1. The van der Waals surface area contributed by atoms with Crippen LogP contribution in [0, 0.1) is 5.82 Å². The topological polar surface area (TPSA) is 126 Å². The molecule has 0 fully saturated rings. The number of alkyl halides is 6. The second kappa shape index (κ2) is 10.7. The lowest BCUT2D eigenvalue weighted by molar-refractivity contribution is -0.139. The van der Waals surface area contributed by atoms with E-state index in [2.05, 4.69) is 20.4 Å². The Balaban J connectivity index is 1.51. The Morgan fingerprint density at radius 1 is 1.05 bits per heavy atom. The number of halogens is 7. The zero-order valence-corrected chi connectivity index (χ0v) is 20.3. The second-order valence-electron chi connectivity index (χ2n) is 8.91. The third-order valence-corrected chi connectivity index (χ3v) is 5.86. The highest BCUT2D eigenvalue weighted by atomic mass is 19.4. The Morgan fingerprint density at radius 2 is 1.73 bits per heavy atom. The minimum absolute atomic E-state index is 0.0987. The average molecular weight is 572 g/mol. The van der Waals surface area contributed by atoms with Crippen molar-refractivity contribution in [1.82, 2.24) is 24.7 Å².